The molecule has 0 bridgehead atoms. The van der Waals surface area contributed by atoms with Gasteiger partial charge in [0.1, 0.15) is 0 Å². The van der Waals surface area contributed by atoms with E-state index in [9.17, 15) is 9.59 Å². The van der Waals surface area contributed by atoms with Crippen molar-refractivity contribution in [3.05, 3.63) is 58.3 Å². The zero-order valence-corrected chi connectivity index (χ0v) is 19.8. The zero-order chi connectivity index (χ0) is 22.1. The predicted octanol–water partition coefficient (Wildman–Crippen LogP) is 5.73. The van der Waals surface area contributed by atoms with Gasteiger partial charge in [-0.15, -0.1) is 11.3 Å². The van der Waals surface area contributed by atoms with E-state index in [1.165, 1.54) is 6.42 Å². The molecule has 0 N–H and O–H groups in total. The third kappa shape index (κ3) is 7.20. The largest absolute Gasteiger partial charge is 0.333 e. The van der Waals surface area contributed by atoms with Crippen LogP contribution in [-0.4, -0.2) is 34.7 Å². The van der Waals surface area contributed by atoms with Crippen LogP contribution in [0.25, 0.3) is 0 Å². The van der Waals surface area contributed by atoms with E-state index in [0.29, 0.717) is 25.6 Å². The van der Waals surface area contributed by atoms with Gasteiger partial charge in [-0.25, -0.2) is 0 Å². The highest BCUT2D eigenvalue weighted by Crippen LogP contribution is 2.26. The number of nitrogens with zero attached hydrogens (tertiary/aromatic N) is 2. The molecule has 31 heavy (non-hydrogen) atoms. The minimum absolute atomic E-state index is 0.0321. The summed E-state index contributed by atoms with van der Waals surface area (Å²) in [5.41, 5.74) is 1.11. The first-order valence-corrected chi connectivity index (χ1v) is 12.6. The number of amides is 2. The molecule has 0 radical (unpaired) electrons. The Morgan fingerprint density at radius 1 is 1.00 bits per heavy atom. The second kappa shape index (κ2) is 12.0. The Bertz CT molecular complexity index is 800. The summed E-state index contributed by atoms with van der Waals surface area (Å²) in [6.07, 6.45) is 6.41. The van der Waals surface area contributed by atoms with E-state index in [1.54, 1.807) is 11.3 Å². The van der Waals surface area contributed by atoms with Crippen LogP contribution < -0.4 is 0 Å². The molecule has 1 fully saturated rings. The van der Waals surface area contributed by atoms with E-state index < -0.39 is 0 Å². The quantitative estimate of drug-likeness (QED) is 0.473. The van der Waals surface area contributed by atoms with Crippen LogP contribution in [0, 0.1) is 11.8 Å². The maximum absolute atomic E-state index is 13.5. The second-order valence-electron chi connectivity index (χ2n) is 8.88. The first-order valence-electron chi connectivity index (χ1n) is 11.7. The van der Waals surface area contributed by atoms with Crippen LogP contribution in [0.1, 0.15) is 62.8 Å². The molecule has 1 aliphatic rings. The third-order valence-electron chi connectivity index (χ3n) is 6.32. The molecule has 0 aliphatic heterocycles. The molecule has 1 aromatic carbocycles. The van der Waals surface area contributed by atoms with Gasteiger partial charge in [-0.3, -0.25) is 9.59 Å². The van der Waals surface area contributed by atoms with Crippen molar-refractivity contribution >= 4 is 23.2 Å². The maximum Gasteiger partial charge on any atom is 0.242 e. The van der Waals surface area contributed by atoms with Gasteiger partial charge in [0.05, 0.1) is 13.1 Å². The number of carbonyl (C=O) groups excluding carboxylic acids is 2. The van der Waals surface area contributed by atoms with Crippen LogP contribution >= 0.6 is 11.3 Å². The topological polar surface area (TPSA) is 40.6 Å². The van der Waals surface area contributed by atoms with Crippen molar-refractivity contribution in [3.8, 4) is 0 Å². The molecule has 5 heteroatoms. The summed E-state index contributed by atoms with van der Waals surface area (Å²) in [7, 11) is 0. The molecule has 0 saturated heterocycles. The fourth-order valence-corrected chi connectivity index (χ4v) is 4.95. The van der Waals surface area contributed by atoms with Crippen molar-refractivity contribution in [1.82, 2.24) is 9.80 Å². The fourth-order valence-electron chi connectivity index (χ4n) is 4.24. The summed E-state index contributed by atoms with van der Waals surface area (Å²) in [5, 5.41) is 2.04. The van der Waals surface area contributed by atoms with Crippen molar-refractivity contribution in [1.29, 1.82) is 0 Å². The minimum atomic E-state index is 0.0321. The molecule has 1 atom stereocenters. The number of hydrogen-bond acceptors (Lipinski definition) is 3. The van der Waals surface area contributed by atoms with E-state index in [0.717, 1.165) is 42.5 Å². The van der Waals surface area contributed by atoms with Gasteiger partial charge in [-0.1, -0.05) is 75.9 Å². The number of carbonyl (C=O) groups is 2. The maximum atomic E-state index is 13.5. The first kappa shape index (κ1) is 23.5. The second-order valence-corrected chi connectivity index (χ2v) is 9.91. The molecular weight excluding hydrogens is 404 g/mol. The molecule has 1 aliphatic carbocycles. The van der Waals surface area contributed by atoms with Gasteiger partial charge in [-0.2, -0.15) is 0 Å². The average molecular weight is 441 g/mol. The number of benzene rings is 1. The van der Waals surface area contributed by atoms with Crippen LogP contribution in [0.5, 0.6) is 0 Å². The van der Waals surface area contributed by atoms with Gasteiger partial charge in [0.15, 0.2) is 0 Å². The van der Waals surface area contributed by atoms with Crippen molar-refractivity contribution in [2.75, 3.05) is 13.1 Å². The molecule has 1 unspecified atom stereocenters. The lowest BCUT2D eigenvalue weighted by Crippen LogP contribution is -2.46. The van der Waals surface area contributed by atoms with Crippen LogP contribution in [0.3, 0.4) is 0 Å². The van der Waals surface area contributed by atoms with Gasteiger partial charge in [0.2, 0.25) is 11.8 Å². The van der Waals surface area contributed by atoms with Crippen LogP contribution in [0.15, 0.2) is 47.8 Å². The molecule has 2 amide bonds. The van der Waals surface area contributed by atoms with Gasteiger partial charge >= 0.3 is 0 Å². The highest BCUT2D eigenvalue weighted by Gasteiger charge is 2.29. The standard InChI is InChI=1S/C26H36N2O2S/c1-3-21(2)17-28(26(30)23-13-8-5-9-14-23)20-25(29)27(19-24-15-10-16-31-24)18-22-11-6-4-7-12-22/h4,6-7,10-12,15-16,21,23H,3,5,8-9,13-14,17-20H2,1-2H3. The smallest absolute Gasteiger partial charge is 0.242 e. The van der Waals surface area contributed by atoms with Gasteiger partial charge in [0, 0.05) is 23.9 Å². The molecule has 168 valence electrons. The molecule has 2 aromatic rings. The summed E-state index contributed by atoms with van der Waals surface area (Å²) in [6, 6.07) is 14.2. The predicted molar refractivity (Wildman–Crippen MR) is 128 cm³/mol. The number of rotatable bonds is 10. The van der Waals surface area contributed by atoms with E-state index >= 15 is 0 Å². The minimum Gasteiger partial charge on any atom is -0.333 e. The van der Waals surface area contributed by atoms with E-state index in [1.807, 2.05) is 39.4 Å². The molecule has 1 saturated carbocycles. The highest BCUT2D eigenvalue weighted by atomic mass is 32.1. The molecule has 1 heterocycles. The summed E-state index contributed by atoms with van der Waals surface area (Å²) in [6.45, 7) is 6.30. The Hall–Kier alpha value is -2.14. The van der Waals surface area contributed by atoms with Crippen molar-refractivity contribution < 1.29 is 9.59 Å². The third-order valence-corrected chi connectivity index (χ3v) is 7.18. The van der Waals surface area contributed by atoms with Crippen LogP contribution in [0.4, 0.5) is 0 Å². The zero-order valence-electron chi connectivity index (χ0n) is 19.0. The summed E-state index contributed by atoms with van der Waals surface area (Å²) in [5.74, 6) is 0.694. The molecule has 0 spiro atoms. The number of thiophene rings is 1. The molecule has 3 rings (SSSR count). The fraction of sp³-hybridized carbons (Fsp3) is 0.538. The van der Waals surface area contributed by atoms with Gasteiger partial charge in [-0.05, 0) is 35.8 Å². The van der Waals surface area contributed by atoms with Crippen molar-refractivity contribution in [3.63, 3.8) is 0 Å². The van der Waals surface area contributed by atoms with E-state index in [4.69, 9.17) is 0 Å². The van der Waals surface area contributed by atoms with Crippen LogP contribution in [-0.2, 0) is 22.7 Å². The van der Waals surface area contributed by atoms with E-state index in [2.05, 4.69) is 32.0 Å². The Morgan fingerprint density at radius 2 is 1.74 bits per heavy atom. The Kier molecular flexibility index (Phi) is 9.13. The Morgan fingerprint density at radius 3 is 2.39 bits per heavy atom. The summed E-state index contributed by atoms with van der Waals surface area (Å²) < 4.78 is 0. The molecular formula is C26H36N2O2S. The lowest BCUT2D eigenvalue weighted by atomic mass is 9.88. The van der Waals surface area contributed by atoms with Crippen molar-refractivity contribution in [2.45, 2.75) is 65.5 Å². The van der Waals surface area contributed by atoms with Crippen LogP contribution in [0.2, 0.25) is 0 Å². The molecule has 1 aromatic heterocycles. The SMILES string of the molecule is CCC(C)CN(CC(=O)N(Cc1ccccc1)Cc1cccs1)C(=O)C1CCCCC1. The average Bonchev–Trinajstić information content (AvgIpc) is 3.32. The molecule has 4 nitrogen and oxygen atoms in total. The van der Waals surface area contributed by atoms with Crippen molar-refractivity contribution in [2.24, 2.45) is 11.8 Å². The highest BCUT2D eigenvalue weighted by molar-refractivity contribution is 7.09. The summed E-state index contributed by atoms with van der Waals surface area (Å²) in [4.78, 5) is 31.7. The lowest BCUT2D eigenvalue weighted by molar-refractivity contribution is -0.144. The Balaban J connectivity index is 1.74. The normalized spacial score (nSPS) is 15.4. The van der Waals surface area contributed by atoms with Gasteiger partial charge in [0.25, 0.3) is 0 Å². The lowest BCUT2D eigenvalue weighted by Gasteiger charge is -2.32. The first-order chi connectivity index (χ1) is 15.1. The monoisotopic (exact) mass is 440 g/mol. The summed E-state index contributed by atoms with van der Waals surface area (Å²) >= 11 is 1.67. The van der Waals surface area contributed by atoms with E-state index in [-0.39, 0.29) is 24.3 Å². The van der Waals surface area contributed by atoms with Gasteiger partial charge < -0.3 is 9.80 Å². The Labute approximate surface area is 191 Å². The number of hydrogen-bond donors (Lipinski definition) is 0.